The summed E-state index contributed by atoms with van der Waals surface area (Å²) in [6.45, 7) is 3.25. The van der Waals surface area contributed by atoms with E-state index in [0.29, 0.717) is 26.4 Å². The summed E-state index contributed by atoms with van der Waals surface area (Å²) >= 11 is 3.78. The van der Waals surface area contributed by atoms with Crippen LogP contribution < -0.4 is 0 Å². The van der Waals surface area contributed by atoms with Crippen molar-refractivity contribution < 1.29 is 24.1 Å². The number of hydrogen-bond donors (Lipinski definition) is 2. The normalized spacial score (nSPS) is 11.7. The molecule has 2 radical (unpaired) electrons. The van der Waals surface area contributed by atoms with Crippen molar-refractivity contribution in [2.45, 2.75) is 13.0 Å². The molecule has 0 aliphatic heterocycles. The molecule has 92 valence electrons. The van der Waals surface area contributed by atoms with Crippen LogP contribution in [0.25, 0.3) is 0 Å². The molecule has 0 amide bonds. The summed E-state index contributed by atoms with van der Waals surface area (Å²) in [5.41, 5.74) is 0. The maximum Gasteiger partial charge on any atom is 3.00 e. The molecule has 7 heteroatoms. The van der Waals surface area contributed by atoms with Crippen LogP contribution >= 0.6 is 12.6 Å². The molecule has 5 nitrogen and oxygen atoms in total. The van der Waals surface area contributed by atoms with Gasteiger partial charge in [-0.1, -0.05) is 0 Å². The maximum atomic E-state index is 10.8. The van der Waals surface area contributed by atoms with E-state index >= 15 is 0 Å². The molecule has 0 saturated heterocycles. The topological polar surface area (TPSA) is 65.0 Å². The van der Waals surface area contributed by atoms with Crippen molar-refractivity contribution in [3.63, 3.8) is 0 Å². The van der Waals surface area contributed by atoms with E-state index in [9.17, 15) is 4.79 Å². The number of carbonyl (C=O) groups excluding carboxylic acids is 1. The van der Waals surface area contributed by atoms with Gasteiger partial charge in [-0.05, 0) is 6.92 Å². The molecule has 16 heavy (non-hydrogen) atoms. The Hall–Kier alpha value is 0.518. The van der Waals surface area contributed by atoms with Gasteiger partial charge >= 0.3 is 30.4 Å². The van der Waals surface area contributed by atoms with Gasteiger partial charge in [0, 0.05) is 0 Å². The van der Waals surface area contributed by atoms with E-state index < -0.39 is 0 Å². The van der Waals surface area contributed by atoms with Gasteiger partial charge in [-0.25, -0.2) is 0 Å². The Labute approximate surface area is 119 Å². The molecule has 0 aliphatic rings. The first kappa shape index (κ1) is 18.9. The summed E-state index contributed by atoms with van der Waals surface area (Å²) in [4.78, 5) is 10.8. The van der Waals surface area contributed by atoms with Gasteiger partial charge in [-0.3, -0.25) is 4.79 Å². The number of hydrogen-bond acceptors (Lipinski definition) is 6. The molecule has 0 spiro atoms. The molecule has 0 rings (SSSR count). The van der Waals surface area contributed by atoms with E-state index in [1.165, 1.54) is 0 Å². The summed E-state index contributed by atoms with van der Waals surface area (Å²) < 4.78 is 15.1. The van der Waals surface area contributed by atoms with Crippen LogP contribution in [0, 0.1) is 0 Å². The molecule has 0 aromatic rings. The molecule has 1 N–H and O–H groups in total. The van der Waals surface area contributed by atoms with Gasteiger partial charge in [0.15, 0.2) is 0 Å². The van der Waals surface area contributed by atoms with Crippen LogP contribution in [-0.4, -0.2) is 80.4 Å². The summed E-state index contributed by atoms with van der Waals surface area (Å²) in [5, 5.41) is 8.41. The van der Waals surface area contributed by atoms with E-state index in [1.807, 2.05) is 0 Å². The largest absolute Gasteiger partial charge is 3.00 e. The second-order valence-corrected chi connectivity index (χ2v) is 3.19. The molecule has 0 bridgehead atoms. The smallest absolute Gasteiger partial charge is 0.460 e. The fourth-order valence-electron chi connectivity index (χ4n) is 0.829. The van der Waals surface area contributed by atoms with Gasteiger partial charge in [-0.15, -0.1) is 0 Å². The van der Waals surface area contributed by atoms with Gasteiger partial charge < -0.3 is 19.3 Å². The minimum atomic E-state index is -0.356. The van der Waals surface area contributed by atoms with Crippen molar-refractivity contribution >= 4 is 43.0 Å². The Morgan fingerprint density at radius 2 is 1.94 bits per heavy atom. The number of rotatable bonds is 9. The zero-order valence-corrected chi connectivity index (χ0v) is 12.7. The number of aliphatic hydroxyl groups excluding tert-OH is 1. The molecule has 0 aromatic heterocycles. The van der Waals surface area contributed by atoms with Crippen LogP contribution in [0.5, 0.6) is 0 Å². The number of esters is 1. The Bertz CT molecular complexity index is 170. The molecular formula is C9H18O5SSb+3. The predicted octanol–water partition coefficient (Wildman–Crippen LogP) is -0.507. The summed E-state index contributed by atoms with van der Waals surface area (Å²) in [5.74, 6) is -0.282. The third-order valence-electron chi connectivity index (χ3n) is 1.42. The fourth-order valence-corrected chi connectivity index (χ4v) is 0.904. The number of ether oxygens (including phenoxy) is 3. The minimum absolute atomic E-state index is 0. The van der Waals surface area contributed by atoms with Crippen molar-refractivity contribution in [1.29, 1.82) is 0 Å². The quantitative estimate of drug-likeness (QED) is 0.251. The van der Waals surface area contributed by atoms with Crippen molar-refractivity contribution in [3.05, 3.63) is 0 Å². The Balaban J connectivity index is 0. The second kappa shape index (κ2) is 13.6. The standard InChI is InChI=1S/C9H18O5S.Sb/c1-8(14-9(11)7-15)6-13-5-4-12-3-2-10;/h8,10,15H,2-7H2,1H3;/q;+3. The zero-order valence-electron chi connectivity index (χ0n) is 9.29. The Kier molecular flexibility index (Phi) is 16.0. The van der Waals surface area contributed by atoms with Crippen LogP contribution in [0.2, 0.25) is 0 Å². The van der Waals surface area contributed by atoms with Gasteiger partial charge in [0.2, 0.25) is 0 Å². The Morgan fingerprint density at radius 1 is 1.31 bits per heavy atom. The van der Waals surface area contributed by atoms with E-state index in [-0.39, 0.29) is 48.9 Å². The first-order chi connectivity index (χ1) is 7.20. The van der Waals surface area contributed by atoms with Crippen LogP contribution in [-0.2, 0) is 19.0 Å². The first-order valence-electron chi connectivity index (χ1n) is 4.77. The van der Waals surface area contributed by atoms with E-state index in [0.717, 1.165) is 0 Å². The van der Waals surface area contributed by atoms with E-state index in [4.69, 9.17) is 19.3 Å². The Morgan fingerprint density at radius 3 is 2.50 bits per heavy atom. The molecule has 1 unspecified atom stereocenters. The van der Waals surface area contributed by atoms with Crippen molar-refractivity contribution in [3.8, 4) is 0 Å². The van der Waals surface area contributed by atoms with Crippen LogP contribution in [0.1, 0.15) is 6.92 Å². The molecule has 0 heterocycles. The molecule has 0 fully saturated rings. The summed E-state index contributed by atoms with van der Waals surface area (Å²) in [7, 11) is 0. The minimum Gasteiger partial charge on any atom is -0.460 e. The molecular weight excluding hydrogens is 342 g/mol. The molecule has 0 aliphatic carbocycles. The number of thiol groups is 1. The van der Waals surface area contributed by atoms with Gasteiger partial charge in [0.1, 0.15) is 6.10 Å². The first-order valence-corrected chi connectivity index (χ1v) is 5.40. The molecule has 0 saturated carbocycles. The van der Waals surface area contributed by atoms with Crippen LogP contribution in [0.4, 0.5) is 0 Å². The average molecular weight is 360 g/mol. The maximum absolute atomic E-state index is 10.8. The van der Waals surface area contributed by atoms with Crippen LogP contribution in [0.15, 0.2) is 0 Å². The predicted molar refractivity (Wildman–Crippen MR) is 63.9 cm³/mol. The van der Waals surface area contributed by atoms with Crippen molar-refractivity contribution in [1.82, 2.24) is 0 Å². The SMILES string of the molecule is CC(COCCOCCO)OC(=O)CS.[Sb+3]. The van der Waals surface area contributed by atoms with Gasteiger partial charge in [0.05, 0.1) is 38.8 Å². The third-order valence-corrected chi connectivity index (χ3v) is 1.68. The van der Waals surface area contributed by atoms with Crippen molar-refractivity contribution in [2.75, 3.05) is 38.8 Å². The zero-order chi connectivity index (χ0) is 11.5. The number of aliphatic hydroxyl groups is 1. The second-order valence-electron chi connectivity index (χ2n) is 2.87. The summed E-state index contributed by atoms with van der Waals surface area (Å²) in [6.07, 6.45) is -0.275. The molecule has 0 aromatic carbocycles. The number of carbonyl (C=O) groups is 1. The molecule has 1 atom stereocenters. The van der Waals surface area contributed by atoms with Gasteiger partial charge in [-0.2, -0.15) is 12.6 Å². The summed E-state index contributed by atoms with van der Waals surface area (Å²) in [6, 6.07) is 0. The van der Waals surface area contributed by atoms with Gasteiger partial charge in [0.25, 0.3) is 0 Å². The third kappa shape index (κ3) is 12.6. The van der Waals surface area contributed by atoms with E-state index in [2.05, 4.69) is 12.6 Å². The van der Waals surface area contributed by atoms with E-state index in [1.54, 1.807) is 6.92 Å². The average Bonchev–Trinajstić information content (AvgIpc) is 2.23. The monoisotopic (exact) mass is 359 g/mol. The fraction of sp³-hybridized carbons (Fsp3) is 0.889. The van der Waals surface area contributed by atoms with Crippen molar-refractivity contribution in [2.24, 2.45) is 0 Å². The van der Waals surface area contributed by atoms with Crippen LogP contribution in [0.3, 0.4) is 0 Å².